The fraction of sp³-hybridized carbons (Fsp3) is 0.182. The molecule has 5 heteroatoms. The number of carbonyl (C=O) groups excluding carboxylic acids is 1. The number of ether oxygens (including phenoxy) is 2. The van der Waals surface area contributed by atoms with Gasteiger partial charge in [-0.1, -0.05) is 30.2 Å². The molecule has 0 aromatic heterocycles. The molecule has 0 spiro atoms. The number of anilines is 1. The summed E-state index contributed by atoms with van der Waals surface area (Å²) in [6.07, 6.45) is 6.72. The summed E-state index contributed by atoms with van der Waals surface area (Å²) < 4.78 is 11.0. The lowest BCUT2D eigenvalue weighted by Gasteiger charge is -2.11. The van der Waals surface area contributed by atoms with Gasteiger partial charge in [-0.25, -0.2) is 0 Å². The Hall–Kier alpha value is -3.70. The summed E-state index contributed by atoms with van der Waals surface area (Å²) in [5.74, 6) is 2.93. The molecule has 0 aliphatic carbocycles. The van der Waals surface area contributed by atoms with Gasteiger partial charge in [0, 0.05) is 5.69 Å². The molecular weight excluding hydrogens is 340 g/mol. The van der Waals surface area contributed by atoms with Gasteiger partial charge in [0.25, 0.3) is 5.91 Å². The number of terminal acetylenes is 1. The molecule has 0 unspecified atom stereocenters. The van der Waals surface area contributed by atoms with Crippen LogP contribution in [0.5, 0.6) is 11.5 Å². The molecule has 0 bridgehead atoms. The van der Waals surface area contributed by atoms with E-state index in [9.17, 15) is 10.1 Å². The zero-order valence-electron chi connectivity index (χ0n) is 15.3. The van der Waals surface area contributed by atoms with Crippen molar-refractivity contribution in [2.45, 2.75) is 13.8 Å². The minimum absolute atomic E-state index is 0.0157. The molecule has 2 aromatic rings. The van der Waals surface area contributed by atoms with Crippen LogP contribution in [0.2, 0.25) is 0 Å². The van der Waals surface area contributed by atoms with E-state index in [1.807, 2.05) is 38.1 Å². The van der Waals surface area contributed by atoms with Crippen LogP contribution in [0.25, 0.3) is 6.08 Å². The minimum Gasteiger partial charge on any atom is -0.490 e. The topological polar surface area (TPSA) is 71.3 Å². The Labute approximate surface area is 159 Å². The molecule has 2 rings (SSSR count). The maximum absolute atomic E-state index is 12.4. The summed E-state index contributed by atoms with van der Waals surface area (Å²) in [5, 5.41) is 12.1. The summed E-state index contributed by atoms with van der Waals surface area (Å²) in [6, 6.07) is 14.4. The summed E-state index contributed by atoms with van der Waals surface area (Å²) in [5.41, 5.74) is 2.20. The number of hydrogen-bond donors (Lipinski definition) is 1. The molecule has 0 saturated carbocycles. The number of aryl methyl sites for hydroxylation is 1. The van der Waals surface area contributed by atoms with Crippen LogP contribution in [-0.4, -0.2) is 19.1 Å². The predicted octanol–water partition coefficient (Wildman–Crippen LogP) is 3.95. The summed E-state index contributed by atoms with van der Waals surface area (Å²) in [6.45, 7) is 4.30. The first kappa shape index (κ1) is 19.6. The largest absolute Gasteiger partial charge is 0.490 e. The maximum Gasteiger partial charge on any atom is 0.266 e. The van der Waals surface area contributed by atoms with Crippen LogP contribution < -0.4 is 14.8 Å². The molecule has 0 fully saturated rings. The third-order valence-electron chi connectivity index (χ3n) is 3.65. The third-order valence-corrected chi connectivity index (χ3v) is 3.65. The Bertz CT molecular complexity index is 933. The molecule has 0 heterocycles. The highest BCUT2D eigenvalue weighted by Crippen LogP contribution is 2.29. The zero-order chi connectivity index (χ0) is 19.6. The second kappa shape index (κ2) is 9.70. The van der Waals surface area contributed by atoms with Gasteiger partial charge in [0.1, 0.15) is 18.2 Å². The van der Waals surface area contributed by atoms with E-state index in [1.165, 1.54) is 6.08 Å². The maximum atomic E-state index is 12.4. The van der Waals surface area contributed by atoms with E-state index in [-0.39, 0.29) is 12.2 Å². The molecule has 0 saturated heterocycles. The minimum atomic E-state index is -0.475. The fourth-order valence-corrected chi connectivity index (χ4v) is 2.34. The number of benzene rings is 2. The molecule has 0 aliphatic rings. The van der Waals surface area contributed by atoms with E-state index < -0.39 is 5.91 Å². The summed E-state index contributed by atoms with van der Waals surface area (Å²) in [7, 11) is 0. The highest BCUT2D eigenvalue weighted by atomic mass is 16.5. The Balaban J connectivity index is 2.27. The average Bonchev–Trinajstić information content (AvgIpc) is 2.67. The first-order chi connectivity index (χ1) is 13.1. The van der Waals surface area contributed by atoms with Crippen molar-refractivity contribution < 1.29 is 14.3 Å². The van der Waals surface area contributed by atoms with Gasteiger partial charge in [-0.15, -0.1) is 6.42 Å². The zero-order valence-corrected chi connectivity index (χ0v) is 15.3. The molecule has 1 N–H and O–H groups in total. The molecule has 0 aliphatic heterocycles. The van der Waals surface area contributed by atoms with Crippen LogP contribution in [0.15, 0.2) is 48.0 Å². The van der Waals surface area contributed by atoms with Crippen molar-refractivity contribution in [1.29, 1.82) is 5.26 Å². The molecule has 2 aromatic carbocycles. The Morgan fingerprint density at radius 2 is 2.00 bits per heavy atom. The van der Waals surface area contributed by atoms with Gasteiger partial charge < -0.3 is 14.8 Å². The van der Waals surface area contributed by atoms with Crippen LogP contribution in [0.3, 0.4) is 0 Å². The number of nitrogens with zero attached hydrogens (tertiary/aromatic N) is 1. The van der Waals surface area contributed by atoms with Gasteiger partial charge in [0.05, 0.1) is 6.61 Å². The second-order valence-corrected chi connectivity index (χ2v) is 5.57. The van der Waals surface area contributed by atoms with Crippen molar-refractivity contribution in [1.82, 2.24) is 0 Å². The molecular formula is C22H20N2O3. The molecule has 5 nitrogen and oxygen atoms in total. The van der Waals surface area contributed by atoms with E-state index >= 15 is 0 Å². The predicted molar refractivity (Wildman–Crippen MR) is 105 cm³/mol. The van der Waals surface area contributed by atoms with Crippen LogP contribution in [-0.2, 0) is 4.79 Å². The Morgan fingerprint density at radius 3 is 2.67 bits per heavy atom. The van der Waals surface area contributed by atoms with Crippen molar-refractivity contribution in [3.8, 4) is 29.9 Å². The van der Waals surface area contributed by atoms with Crippen molar-refractivity contribution in [3.63, 3.8) is 0 Å². The number of para-hydroxylation sites is 1. The van der Waals surface area contributed by atoms with Crippen LogP contribution in [0.4, 0.5) is 5.69 Å². The Morgan fingerprint density at radius 1 is 1.22 bits per heavy atom. The molecule has 0 radical (unpaired) electrons. The highest BCUT2D eigenvalue weighted by Gasteiger charge is 2.12. The van der Waals surface area contributed by atoms with Crippen LogP contribution >= 0.6 is 0 Å². The lowest BCUT2D eigenvalue weighted by atomic mass is 10.1. The highest BCUT2D eigenvalue weighted by molar-refractivity contribution is 6.10. The summed E-state index contributed by atoms with van der Waals surface area (Å²) >= 11 is 0. The normalized spacial score (nSPS) is 10.4. The quantitative estimate of drug-likeness (QED) is 0.461. The van der Waals surface area contributed by atoms with E-state index in [0.717, 1.165) is 5.56 Å². The number of hydrogen-bond acceptors (Lipinski definition) is 4. The SMILES string of the molecule is C#CCOc1ccc(/C=C(\C#N)C(=O)Nc2ccccc2C)cc1OCC. The molecule has 0 atom stereocenters. The van der Waals surface area contributed by atoms with Gasteiger partial charge in [-0.2, -0.15) is 5.26 Å². The van der Waals surface area contributed by atoms with E-state index in [1.54, 1.807) is 24.3 Å². The molecule has 1 amide bonds. The van der Waals surface area contributed by atoms with Crippen molar-refractivity contribution in [2.24, 2.45) is 0 Å². The molecule has 136 valence electrons. The summed E-state index contributed by atoms with van der Waals surface area (Å²) in [4.78, 5) is 12.4. The van der Waals surface area contributed by atoms with Gasteiger partial charge in [0.2, 0.25) is 0 Å². The first-order valence-corrected chi connectivity index (χ1v) is 8.41. The van der Waals surface area contributed by atoms with E-state index in [2.05, 4.69) is 11.2 Å². The third kappa shape index (κ3) is 5.39. The fourth-order valence-electron chi connectivity index (χ4n) is 2.34. The van der Waals surface area contributed by atoms with Crippen molar-refractivity contribution >= 4 is 17.7 Å². The average molecular weight is 360 g/mol. The second-order valence-electron chi connectivity index (χ2n) is 5.57. The smallest absolute Gasteiger partial charge is 0.266 e. The first-order valence-electron chi connectivity index (χ1n) is 8.41. The monoisotopic (exact) mass is 360 g/mol. The van der Waals surface area contributed by atoms with Gasteiger partial charge in [0.15, 0.2) is 11.5 Å². The van der Waals surface area contributed by atoms with E-state index in [4.69, 9.17) is 15.9 Å². The van der Waals surface area contributed by atoms with Crippen molar-refractivity contribution in [2.75, 3.05) is 18.5 Å². The van der Waals surface area contributed by atoms with Crippen LogP contribution in [0.1, 0.15) is 18.1 Å². The van der Waals surface area contributed by atoms with Gasteiger partial charge in [-0.05, 0) is 49.2 Å². The number of amides is 1. The van der Waals surface area contributed by atoms with Gasteiger partial charge in [-0.3, -0.25) is 4.79 Å². The number of nitrogens with one attached hydrogen (secondary N) is 1. The van der Waals surface area contributed by atoms with Crippen molar-refractivity contribution in [3.05, 3.63) is 59.2 Å². The number of nitriles is 1. The van der Waals surface area contributed by atoms with Gasteiger partial charge >= 0.3 is 0 Å². The standard InChI is InChI=1S/C22H20N2O3/c1-4-12-27-20-11-10-17(14-21(20)26-5-2)13-18(15-23)22(25)24-19-9-7-6-8-16(19)3/h1,6-11,13-14H,5,12H2,2-3H3,(H,24,25)/b18-13+. The lowest BCUT2D eigenvalue weighted by molar-refractivity contribution is -0.112. The number of carbonyl (C=O) groups is 1. The number of rotatable bonds is 7. The Kier molecular flexibility index (Phi) is 7.05. The van der Waals surface area contributed by atoms with Crippen LogP contribution in [0, 0.1) is 30.6 Å². The lowest BCUT2D eigenvalue weighted by Crippen LogP contribution is -2.14. The molecule has 27 heavy (non-hydrogen) atoms. The van der Waals surface area contributed by atoms with E-state index in [0.29, 0.717) is 29.4 Å².